The summed E-state index contributed by atoms with van der Waals surface area (Å²) < 4.78 is 0. The summed E-state index contributed by atoms with van der Waals surface area (Å²) in [6.45, 7) is 0. The van der Waals surface area contributed by atoms with Gasteiger partial charge >= 0.3 is 0 Å². The highest BCUT2D eigenvalue weighted by molar-refractivity contribution is 6.00. The van der Waals surface area contributed by atoms with E-state index < -0.39 is 0 Å². The Balaban J connectivity index is 0.851. The second-order valence-corrected chi connectivity index (χ2v) is 15.1. The van der Waals surface area contributed by atoms with Crippen LogP contribution >= 0.6 is 0 Å². The number of fused-ring (bicyclic) bond motifs is 3. The lowest BCUT2D eigenvalue weighted by Crippen LogP contribution is -2.10. The second-order valence-electron chi connectivity index (χ2n) is 15.1. The number of para-hydroxylation sites is 2. The van der Waals surface area contributed by atoms with Crippen molar-refractivity contribution in [2.45, 2.75) is 0 Å². The zero-order valence-corrected chi connectivity index (χ0v) is 33.1. The van der Waals surface area contributed by atoms with E-state index in [1.54, 1.807) is 0 Å². The van der Waals surface area contributed by atoms with Gasteiger partial charge in [0, 0.05) is 33.5 Å². The molecular weight excluding hydrogens is 725 g/mol. The van der Waals surface area contributed by atoms with E-state index in [0.29, 0.717) is 0 Å². The van der Waals surface area contributed by atoms with Crippen LogP contribution in [0, 0.1) is 0 Å². The maximum atomic E-state index is 2.34. The molecule has 0 spiro atoms. The van der Waals surface area contributed by atoms with Crippen molar-refractivity contribution in [1.29, 1.82) is 0 Å². The Morgan fingerprint density at radius 3 is 1.00 bits per heavy atom. The zero-order valence-electron chi connectivity index (χ0n) is 33.1. The predicted molar refractivity (Wildman–Crippen MR) is 259 cm³/mol. The molecule has 0 aliphatic rings. The van der Waals surface area contributed by atoms with E-state index in [-0.39, 0.29) is 0 Å². The monoisotopic (exact) mass is 766 g/mol. The highest BCUT2D eigenvalue weighted by atomic mass is 15.1. The first kappa shape index (κ1) is 36.4. The molecule has 0 N–H and O–H groups in total. The molecule has 10 aromatic rings. The van der Waals surface area contributed by atoms with Gasteiger partial charge in [0.2, 0.25) is 0 Å². The van der Waals surface area contributed by atoms with Crippen LogP contribution in [0.4, 0.5) is 34.1 Å². The molecule has 0 aromatic heterocycles. The minimum atomic E-state index is 1.12. The van der Waals surface area contributed by atoms with Gasteiger partial charge in [-0.2, -0.15) is 0 Å². The summed E-state index contributed by atoms with van der Waals surface area (Å²) >= 11 is 0. The van der Waals surface area contributed by atoms with Gasteiger partial charge in [0.25, 0.3) is 0 Å². The molecule has 10 aromatic carbocycles. The Morgan fingerprint density at radius 1 is 0.233 bits per heavy atom. The lowest BCUT2D eigenvalue weighted by molar-refractivity contribution is 1.30. The highest BCUT2D eigenvalue weighted by Crippen LogP contribution is 2.40. The number of hydrogen-bond acceptors (Lipinski definition) is 2. The molecule has 0 heterocycles. The SMILES string of the molecule is C(=C\c1ccc2cc(/C=C/c3ccc(N(c4ccccc4)c4cccc5ccccc45)cc3)ccc2c1)/c1ccc(N(c2ccccc2)c2cccc3ccccc23)cc1. The van der Waals surface area contributed by atoms with E-state index in [0.717, 1.165) is 45.3 Å². The molecule has 2 nitrogen and oxygen atoms in total. The molecule has 0 saturated carbocycles. The largest absolute Gasteiger partial charge is 0.310 e. The Bertz CT molecular complexity index is 2900. The summed E-state index contributed by atoms with van der Waals surface area (Å²) in [5.41, 5.74) is 11.5. The van der Waals surface area contributed by atoms with Crippen molar-refractivity contribution in [2.24, 2.45) is 0 Å². The Kier molecular flexibility index (Phi) is 10.0. The first-order chi connectivity index (χ1) is 29.7. The van der Waals surface area contributed by atoms with Gasteiger partial charge in [0.05, 0.1) is 11.4 Å². The molecule has 2 heteroatoms. The van der Waals surface area contributed by atoms with Crippen LogP contribution in [0.25, 0.3) is 56.6 Å². The predicted octanol–water partition coefficient (Wildman–Crippen LogP) is 16.4. The molecule has 0 amide bonds. The van der Waals surface area contributed by atoms with Crippen LogP contribution in [-0.4, -0.2) is 0 Å². The van der Waals surface area contributed by atoms with Crippen LogP contribution in [0.5, 0.6) is 0 Å². The summed E-state index contributed by atoms with van der Waals surface area (Å²) in [6, 6.07) is 82.4. The molecule has 0 radical (unpaired) electrons. The third kappa shape index (κ3) is 7.58. The van der Waals surface area contributed by atoms with Gasteiger partial charge in [-0.1, -0.05) is 182 Å². The molecule has 0 aliphatic carbocycles. The maximum absolute atomic E-state index is 2.34. The normalized spacial score (nSPS) is 11.5. The van der Waals surface area contributed by atoms with Gasteiger partial charge < -0.3 is 9.80 Å². The van der Waals surface area contributed by atoms with Gasteiger partial charge in [-0.15, -0.1) is 0 Å². The van der Waals surface area contributed by atoms with Crippen LogP contribution in [-0.2, 0) is 0 Å². The summed E-state index contributed by atoms with van der Waals surface area (Å²) in [6.07, 6.45) is 8.79. The van der Waals surface area contributed by atoms with E-state index in [9.17, 15) is 0 Å². The lowest BCUT2D eigenvalue weighted by atomic mass is 10.0. The summed E-state index contributed by atoms with van der Waals surface area (Å²) in [5, 5.41) is 7.34. The minimum Gasteiger partial charge on any atom is -0.310 e. The van der Waals surface area contributed by atoms with Crippen molar-refractivity contribution in [2.75, 3.05) is 9.80 Å². The molecule has 0 aliphatic heterocycles. The number of nitrogens with zero attached hydrogens (tertiary/aromatic N) is 2. The van der Waals surface area contributed by atoms with Crippen molar-refractivity contribution < 1.29 is 0 Å². The Hall–Kier alpha value is -7.94. The van der Waals surface area contributed by atoms with Crippen LogP contribution in [0.3, 0.4) is 0 Å². The summed E-state index contributed by atoms with van der Waals surface area (Å²) in [5.74, 6) is 0. The van der Waals surface area contributed by atoms with Gasteiger partial charge in [-0.25, -0.2) is 0 Å². The van der Waals surface area contributed by atoms with Crippen molar-refractivity contribution in [3.8, 4) is 0 Å². The van der Waals surface area contributed by atoms with Crippen LogP contribution < -0.4 is 9.80 Å². The van der Waals surface area contributed by atoms with Crippen LogP contribution in [0.15, 0.2) is 231 Å². The molecule has 284 valence electrons. The fourth-order valence-electron chi connectivity index (χ4n) is 8.16. The molecular formula is C58H42N2. The van der Waals surface area contributed by atoms with E-state index in [1.807, 2.05) is 0 Å². The maximum Gasteiger partial charge on any atom is 0.0540 e. The van der Waals surface area contributed by atoms with E-state index in [2.05, 4.69) is 265 Å². The van der Waals surface area contributed by atoms with Crippen molar-refractivity contribution >= 4 is 90.7 Å². The smallest absolute Gasteiger partial charge is 0.0540 e. The molecule has 0 saturated heterocycles. The first-order valence-electron chi connectivity index (χ1n) is 20.5. The lowest BCUT2D eigenvalue weighted by Gasteiger charge is -2.27. The van der Waals surface area contributed by atoms with Gasteiger partial charge in [0.1, 0.15) is 0 Å². The van der Waals surface area contributed by atoms with Gasteiger partial charge in [-0.3, -0.25) is 0 Å². The fourth-order valence-corrected chi connectivity index (χ4v) is 8.16. The highest BCUT2D eigenvalue weighted by Gasteiger charge is 2.16. The number of hydrogen-bond donors (Lipinski definition) is 0. The van der Waals surface area contributed by atoms with E-state index in [4.69, 9.17) is 0 Å². The average Bonchev–Trinajstić information content (AvgIpc) is 3.32. The molecule has 0 bridgehead atoms. The second kappa shape index (κ2) is 16.5. The Morgan fingerprint density at radius 2 is 0.567 bits per heavy atom. The van der Waals surface area contributed by atoms with E-state index >= 15 is 0 Å². The van der Waals surface area contributed by atoms with Gasteiger partial charge in [0.15, 0.2) is 0 Å². The third-order valence-electron chi connectivity index (χ3n) is 11.2. The zero-order chi connectivity index (χ0) is 40.1. The quantitative estimate of drug-likeness (QED) is 0.128. The summed E-state index contributed by atoms with van der Waals surface area (Å²) in [4.78, 5) is 4.68. The third-order valence-corrected chi connectivity index (χ3v) is 11.2. The number of anilines is 6. The van der Waals surface area contributed by atoms with Crippen molar-refractivity contribution in [3.05, 3.63) is 253 Å². The molecule has 60 heavy (non-hydrogen) atoms. The Labute approximate surface area is 351 Å². The van der Waals surface area contributed by atoms with Crippen molar-refractivity contribution in [3.63, 3.8) is 0 Å². The van der Waals surface area contributed by atoms with Gasteiger partial charge in [-0.05, 0) is 117 Å². The number of rotatable bonds is 10. The van der Waals surface area contributed by atoms with Crippen LogP contribution in [0.2, 0.25) is 0 Å². The standard InChI is InChI=1S/C58H42N2/c1-3-17-51(18-4-1)59(57-23-11-15-47-13-7-9-21-55(47)57)53-37-31-43(32-38-53)25-27-45-29-35-50-42-46(30-36-49(50)41-45)28-26-44-33-39-54(40-34-44)60(52-19-5-2-6-20-52)58-24-12-16-48-14-8-10-22-56(48)58/h1-42H/b27-25+,28-26+. The van der Waals surface area contributed by atoms with Crippen molar-refractivity contribution in [1.82, 2.24) is 0 Å². The fraction of sp³-hybridized carbons (Fsp3) is 0. The first-order valence-corrected chi connectivity index (χ1v) is 20.5. The number of benzene rings is 10. The molecule has 0 fully saturated rings. The molecule has 10 rings (SSSR count). The summed E-state index contributed by atoms with van der Waals surface area (Å²) in [7, 11) is 0. The molecule has 0 unspecified atom stereocenters. The van der Waals surface area contributed by atoms with E-state index in [1.165, 1.54) is 43.4 Å². The minimum absolute atomic E-state index is 1.12. The van der Waals surface area contributed by atoms with Crippen LogP contribution in [0.1, 0.15) is 22.3 Å². The molecule has 0 atom stereocenters. The topological polar surface area (TPSA) is 6.48 Å². The average molecular weight is 767 g/mol.